The van der Waals surface area contributed by atoms with Crippen molar-refractivity contribution in [3.05, 3.63) is 65.2 Å². The van der Waals surface area contributed by atoms with E-state index in [1.807, 2.05) is 42.5 Å². The molecule has 2 nitrogen and oxygen atoms in total. The van der Waals surface area contributed by atoms with Gasteiger partial charge in [0.15, 0.2) is 0 Å². The van der Waals surface area contributed by atoms with Crippen molar-refractivity contribution < 1.29 is 4.74 Å². The normalized spacial score (nSPS) is 10.2. The smallest absolute Gasteiger partial charge is 0.127 e. The van der Waals surface area contributed by atoms with Gasteiger partial charge in [-0.1, -0.05) is 23.7 Å². The van der Waals surface area contributed by atoms with E-state index >= 15 is 0 Å². The molecule has 0 aliphatic rings. The van der Waals surface area contributed by atoms with Crippen LogP contribution in [0.15, 0.2) is 54.6 Å². The highest BCUT2D eigenvalue weighted by atomic mass is 35.5. The first-order valence-corrected chi connectivity index (χ1v) is 5.75. The summed E-state index contributed by atoms with van der Waals surface area (Å²) in [5, 5.41) is 9.11. The van der Waals surface area contributed by atoms with Crippen molar-refractivity contribution in [3.63, 3.8) is 0 Å². The van der Waals surface area contributed by atoms with Crippen molar-refractivity contribution in [2.45, 2.75) is 0 Å². The van der Waals surface area contributed by atoms with Crippen LogP contribution in [-0.2, 0) is 0 Å². The second kappa shape index (κ2) is 5.90. The van der Waals surface area contributed by atoms with Crippen molar-refractivity contribution in [1.29, 1.82) is 5.26 Å². The van der Waals surface area contributed by atoms with E-state index in [0.29, 0.717) is 5.02 Å². The molecule has 88 valence electrons. The van der Waals surface area contributed by atoms with E-state index in [1.54, 1.807) is 18.2 Å². The summed E-state index contributed by atoms with van der Waals surface area (Å²) in [5.41, 5.74) is 0.958. The Bertz CT molecular complexity index is 579. The lowest BCUT2D eigenvalue weighted by Crippen LogP contribution is -1.83. The predicted molar refractivity (Wildman–Crippen MR) is 72.6 cm³/mol. The number of nitriles is 1. The minimum Gasteiger partial charge on any atom is -0.457 e. The quantitative estimate of drug-likeness (QED) is 0.747. The molecule has 2 aromatic carbocycles. The van der Waals surface area contributed by atoms with Gasteiger partial charge >= 0.3 is 0 Å². The first-order valence-electron chi connectivity index (χ1n) is 5.37. The topological polar surface area (TPSA) is 33.0 Å². The Morgan fingerprint density at radius 3 is 2.06 bits per heavy atom. The average Bonchev–Trinajstić information content (AvgIpc) is 2.41. The molecular weight excluding hydrogens is 246 g/mol. The van der Waals surface area contributed by atoms with Crippen LogP contribution in [0, 0.1) is 11.3 Å². The van der Waals surface area contributed by atoms with Gasteiger partial charge in [-0.25, -0.2) is 0 Å². The second-order valence-electron chi connectivity index (χ2n) is 3.59. The van der Waals surface area contributed by atoms with Gasteiger partial charge in [-0.15, -0.1) is 0 Å². The standard InChI is InChI=1S/C15H10ClNO/c16-13-5-9-15(10-6-13)18-14-7-3-12(4-8-14)2-1-11-17/h1-10H/b2-1+. The third-order valence-electron chi connectivity index (χ3n) is 2.28. The summed E-state index contributed by atoms with van der Waals surface area (Å²) in [4.78, 5) is 0. The Labute approximate surface area is 111 Å². The van der Waals surface area contributed by atoms with Gasteiger partial charge in [0.25, 0.3) is 0 Å². The molecule has 0 fully saturated rings. The number of nitrogens with zero attached hydrogens (tertiary/aromatic N) is 1. The highest BCUT2D eigenvalue weighted by Crippen LogP contribution is 2.23. The number of halogens is 1. The molecule has 0 saturated heterocycles. The Hall–Kier alpha value is -2.24. The fourth-order valence-electron chi connectivity index (χ4n) is 1.42. The molecule has 0 bridgehead atoms. The van der Waals surface area contributed by atoms with E-state index in [1.165, 1.54) is 6.08 Å². The zero-order valence-corrected chi connectivity index (χ0v) is 10.3. The molecule has 3 heteroatoms. The van der Waals surface area contributed by atoms with Gasteiger partial charge in [0.1, 0.15) is 11.5 Å². The molecular formula is C15H10ClNO. The fraction of sp³-hybridized carbons (Fsp3) is 0. The lowest BCUT2D eigenvalue weighted by molar-refractivity contribution is 0.482. The van der Waals surface area contributed by atoms with Crippen molar-refractivity contribution in [2.75, 3.05) is 0 Å². The van der Waals surface area contributed by atoms with Crippen LogP contribution in [0.4, 0.5) is 0 Å². The summed E-state index contributed by atoms with van der Waals surface area (Å²) in [5.74, 6) is 1.48. The Balaban J connectivity index is 2.09. The molecule has 18 heavy (non-hydrogen) atoms. The number of ether oxygens (including phenoxy) is 1. The van der Waals surface area contributed by atoms with Crippen LogP contribution in [-0.4, -0.2) is 0 Å². The summed E-state index contributed by atoms with van der Waals surface area (Å²) in [6.07, 6.45) is 3.18. The van der Waals surface area contributed by atoms with E-state index in [0.717, 1.165) is 17.1 Å². The summed E-state index contributed by atoms with van der Waals surface area (Å²) < 4.78 is 5.65. The highest BCUT2D eigenvalue weighted by Gasteiger charge is 1.97. The Kier molecular flexibility index (Phi) is 4.01. The number of rotatable bonds is 3. The molecule has 0 unspecified atom stereocenters. The SMILES string of the molecule is N#C/C=C/c1ccc(Oc2ccc(Cl)cc2)cc1. The first-order chi connectivity index (χ1) is 8.78. The maximum Gasteiger partial charge on any atom is 0.127 e. The van der Waals surface area contributed by atoms with E-state index in [9.17, 15) is 0 Å². The van der Waals surface area contributed by atoms with Crippen molar-refractivity contribution in [1.82, 2.24) is 0 Å². The van der Waals surface area contributed by atoms with Crippen LogP contribution in [0.3, 0.4) is 0 Å². The van der Waals surface area contributed by atoms with Crippen LogP contribution < -0.4 is 4.74 Å². The molecule has 2 rings (SSSR count). The summed E-state index contributed by atoms with van der Waals surface area (Å²) in [6, 6.07) is 16.6. The van der Waals surface area contributed by atoms with E-state index in [-0.39, 0.29) is 0 Å². The van der Waals surface area contributed by atoms with Gasteiger partial charge in [0.05, 0.1) is 6.07 Å². The van der Waals surface area contributed by atoms with Crippen LogP contribution in [0.25, 0.3) is 6.08 Å². The van der Waals surface area contributed by atoms with E-state index in [4.69, 9.17) is 21.6 Å². The molecule has 0 N–H and O–H groups in total. The molecule has 0 heterocycles. The van der Waals surface area contributed by atoms with E-state index in [2.05, 4.69) is 0 Å². The molecule has 0 amide bonds. The predicted octanol–water partition coefficient (Wildman–Crippen LogP) is 4.67. The molecule has 0 aliphatic carbocycles. The molecule has 2 aromatic rings. The number of hydrogen-bond acceptors (Lipinski definition) is 2. The average molecular weight is 256 g/mol. The van der Waals surface area contributed by atoms with Crippen LogP contribution in [0.1, 0.15) is 5.56 Å². The van der Waals surface area contributed by atoms with Gasteiger partial charge in [-0.2, -0.15) is 5.26 Å². The Morgan fingerprint density at radius 1 is 0.944 bits per heavy atom. The largest absolute Gasteiger partial charge is 0.457 e. The van der Waals surface area contributed by atoms with Crippen molar-refractivity contribution >= 4 is 17.7 Å². The summed E-state index contributed by atoms with van der Waals surface area (Å²) in [7, 11) is 0. The first kappa shape index (κ1) is 12.2. The third-order valence-corrected chi connectivity index (χ3v) is 2.53. The van der Waals surface area contributed by atoms with Gasteiger partial charge in [-0.3, -0.25) is 0 Å². The monoisotopic (exact) mass is 255 g/mol. The molecule has 0 saturated carbocycles. The second-order valence-corrected chi connectivity index (χ2v) is 4.02. The van der Waals surface area contributed by atoms with Gasteiger partial charge < -0.3 is 4.74 Å². The zero-order chi connectivity index (χ0) is 12.8. The Morgan fingerprint density at radius 2 is 1.50 bits per heavy atom. The molecule has 0 atom stereocenters. The minimum absolute atomic E-state index is 0.680. The van der Waals surface area contributed by atoms with Crippen LogP contribution in [0.2, 0.25) is 5.02 Å². The van der Waals surface area contributed by atoms with Gasteiger partial charge in [0.2, 0.25) is 0 Å². The number of hydrogen-bond donors (Lipinski definition) is 0. The van der Waals surface area contributed by atoms with E-state index < -0.39 is 0 Å². The maximum absolute atomic E-state index is 8.43. The lowest BCUT2D eigenvalue weighted by Gasteiger charge is -2.05. The van der Waals surface area contributed by atoms with Gasteiger partial charge in [0, 0.05) is 11.1 Å². The molecule has 0 aromatic heterocycles. The number of benzene rings is 2. The third kappa shape index (κ3) is 3.38. The number of allylic oxidation sites excluding steroid dienone is 1. The molecule has 0 aliphatic heterocycles. The molecule has 0 radical (unpaired) electrons. The van der Waals surface area contributed by atoms with Gasteiger partial charge in [-0.05, 0) is 48.0 Å². The minimum atomic E-state index is 0.680. The lowest BCUT2D eigenvalue weighted by atomic mass is 10.2. The maximum atomic E-state index is 8.43. The van der Waals surface area contributed by atoms with Crippen molar-refractivity contribution in [3.8, 4) is 17.6 Å². The summed E-state index contributed by atoms with van der Waals surface area (Å²) >= 11 is 5.79. The zero-order valence-electron chi connectivity index (χ0n) is 9.51. The van der Waals surface area contributed by atoms with Crippen LogP contribution in [0.5, 0.6) is 11.5 Å². The summed E-state index contributed by atoms with van der Waals surface area (Å²) in [6.45, 7) is 0. The highest BCUT2D eigenvalue weighted by molar-refractivity contribution is 6.30. The molecule has 0 spiro atoms. The fourth-order valence-corrected chi connectivity index (χ4v) is 1.55. The van der Waals surface area contributed by atoms with Crippen LogP contribution >= 0.6 is 11.6 Å². The van der Waals surface area contributed by atoms with Crippen molar-refractivity contribution in [2.24, 2.45) is 0 Å².